The summed E-state index contributed by atoms with van der Waals surface area (Å²) in [6.45, 7) is 8.81. The highest BCUT2D eigenvalue weighted by molar-refractivity contribution is 6.30. The van der Waals surface area contributed by atoms with Crippen molar-refractivity contribution in [2.24, 2.45) is 0 Å². The minimum atomic E-state index is -0.180. The first-order chi connectivity index (χ1) is 10.4. The van der Waals surface area contributed by atoms with E-state index in [4.69, 9.17) is 21.1 Å². The van der Waals surface area contributed by atoms with Gasteiger partial charge in [0.25, 0.3) is 0 Å². The van der Waals surface area contributed by atoms with Crippen molar-refractivity contribution in [3.63, 3.8) is 0 Å². The maximum atomic E-state index is 6.25. The quantitative estimate of drug-likeness (QED) is 0.770. The summed E-state index contributed by atoms with van der Waals surface area (Å²) >= 11 is 6.25. The van der Waals surface area contributed by atoms with Crippen LogP contribution in [0.5, 0.6) is 11.5 Å². The number of rotatable bonds is 3. The van der Waals surface area contributed by atoms with E-state index in [9.17, 15) is 0 Å². The van der Waals surface area contributed by atoms with E-state index in [-0.39, 0.29) is 5.60 Å². The molecule has 3 rings (SSSR count). The lowest BCUT2D eigenvalue weighted by Crippen LogP contribution is -2.25. The number of aryl methyl sites for hydroxylation is 1. The summed E-state index contributed by atoms with van der Waals surface area (Å²) in [5.74, 6) is 1.84. The topological polar surface area (TPSA) is 18.5 Å². The number of fused-ring (bicyclic) bond motifs is 1. The van der Waals surface area contributed by atoms with Gasteiger partial charge < -0.3 is 9.47 Å². The first-order valence-corrected chi connectivity index (χ1v) is 7.93. The van der Waals surface area contributed by atoms with Crippen molar-refractivity contribution in [3.8, 4) is 11.5 Å². The van der Waals surface area contributed by atoms with E-state index >= 15 is 0 Å². The molecule has 2 nitrogen and oxygen atoms in total. The second-order valence-electron chi connectivity index (χ2n) is 6.58. The largest absolute Gasteiger partial charge is 0.488 e. The van der Waals surface area contributed by atoms with Gasteiger partial charge in [-0.3, -0.25) is 0 Å². The van der Waals surface area contributed by atoms with E-state index in [2.05, 4.69) is 33.8 Å². The van der Waals surface area contributed by atoms with Gasteiger partial charge in [0.15, 0.2) is 0 Å². The Morgan fingerprint density at radius 1 is 1.23 bits per heavy atom. The van der Waals surface area contributed by atoms with Gasteiger partial charge in [-0.2, -0.15) is 0 Å². The Bertz CT molecular complexity index is 720. The Balaban J connectivity index is 1.87. The smallest absolute Gasteiger partial charge is 0.130 e. The van der Waals surface area contributed by atoms with Crippen LogP contribution in [0.25, 0.3) is 0 Å². The summed E-state index contributed by atoms with van der Waals surface area (Å²) in [5.41, 5.74) is 4.39. The molecule has 22 heavy (non-hydrogen) atoms. The van der Waals surface area contributed by atoms with Crippen LogP contribution < -0.4 is 9.47 Å². The molecular formula is C19H21ClO2. The van der Waals surface area contributed by atoms with E-state index in [0.29, 0.717) is 6.61 Å². The normalized spacial score (nSPS) is 15.3. The monoisotopic (exact) mass is 316 g/mol. The molecule has 0 N–H and O–H groups in total. The molecule has 0 saturated carbocycles. The van der Waals surface area contributed by atoms with E-state index in [1.807, 2.05) is 24.3 Å². The Labute approximate surface area is 137 Å². The van der Waals surface area contributed by atoms with Crippen LogP contribution in [0.1, 0.15) is 36.1 Å². The molecule has 2 aromatic rings. The van der Waals surface area contributed by atoms with Crippen LogP contribution in [0.15, 0.2) is 30.3 Å². The van der Waals surface area contributed by atoms with Gasteiger partial charge in [0, 0.05) is 17.0 Å². The molecule has 0 fully saturated rings. The summed E-state index contributed by atoms with van der Waals surface area (Å²) in [5, 5.41) is 0.736. The Morgan fingerprint density at radius 3 is 2.77 bits per heavy atom. The molecule has 0 saturated heterocycles. The van der Waals surface area contributed by atoms with Crippen LogP contribution in [0.4, 0.5) is 0 Å². The SMILES string of the molecule is Cc1cccc(OCc2cc(Cl)cc3c2OC(C)(C)C3)c1C. The molecule has 1 aliphatic rings. The minimum absolute atomic E-state index is 0.180. The zero-order valence-corrected chi connectivity index (χ0v) is 14.3. The predicted molar refractivity (Wildman–Crippen MR) is 90.1 cm³/mol. The first-order valence-electron chi connectivity index (χ1n) is 7.55. The molecule has 1 heterocycles. The molecule has 1 aliphatic heterocycles. The molecule has 0 radical (unpaired) electrons. The molecule has 0 spiro atoms. The summed E-state index contributed by atoms with van der Waals surface area (Å²) in [4.78, 5) is 0. The Kier molecular flexibility index (Phi) is 3.82. The average molecular weight is 317 g/mol. The highest BCUT2D eigenvalue weighted by Crippen LogP contribution is 2.40. The summed E-state index contributed by atoms with van der Waals surface area (Å²) < 4.78 is 12.1. The number of benzene rings is 2. The summed E-state index contributed by atoms with van der Waals surface area (Å²) in [6.07, 6.45) is 0.874. The van der Waals surface area contributed by atoms with Gasteiger partial charge in [0.1, 0.15) is 23.7 Å². The van der Waals surface area contributed by atoms with E-state index in [0.717, 1.165) is 34.1 Å². The summed E-state index contributed by atoms with van der Waals surface area (Å²) in [6, 6.07) is 10.0. The standard InChI is InChI=1S/C19H21ClO2/c1-12-6-5-7-17(13(12)2)21-11-15-9-16(20)8-14-10-19(3,4)22-18(14)15/h5-9H,10-11H2,1-4H3. The second kappa shape index (κ2) is 5.51. The highest BCUT2D eigenvalue weighted by atomic mass is 35.5. The van der Waals surface area contributed by atoms with Crippen molar-refractivity contribution < 1.29 is 9.47 Å². The van der Waals surface area contributed by atoms with Crippen LogP contribution in [0.2, 0.25) is 5.02 Å². The molecular weight excluding hydrogens is 296 g/mol. The maximum absolute atomic E-state index is 6.25. The predicted octanol–water partition coefficient (Wildman–Crippen LogP) is 5.25. The molecule has 0 amide bonds. The van der Waals surface area contributed by atoms with Gasteiger partial charge in [-0.25, -0.2) is 0 Å². The average Bonchev–Trinajstić information content (AvgIpc) is 2.74. The molecule has 116 valence electrons. The van der Waals surface area contributed by atoms with Crippen LogP contribution in [0.3, 0.4) is 0 Å². The molecule has 0 bridgehead atoms. The first kappa shape index (κ1) is 15.2. The van der Waals surface area contributed by atoms with Gasteiger partial charge in [-0.15, -0.1) is 0 Å². The van der Waals surface area contributed by atoms with Crippen LogP contribution >= 0.6 is 11.6 Å². The van der Waals surface area contributed by atoms with Crippen molar-refractivity contribution >= 4 is 11.6 Å². The van der Waals surface area contributed by atoms with Crippen molar-refractivity contribution in [2.75, 3.05) is 0 Å². The fourth-order valence-corrected chi connectivity index (χ4v) is 3.15. The van der Waals surface area contributed by atoms with Gasteiger partial charge in [-0.05, 0) is 62.6 Å². The van der Waals surface area contributed by atoms with Gasteiger partial charge in [0.05, 0.1) is 0 Å². The number of hydrogen-bond acceptors (Lipinski definition) is 2. The third kappa shape index (κ3) is 2.93. The lowest BCUT2D eigenvalue weighted by molar-refractivity contribution is 0.135. The molecule has 0 unspecified atom stereocenters. The second-order valence-corrected chi connectivity index (χ2v) is 7.01. The van der Waals surface area contributed by atoms with Crippen LogP contribution in [-0.4, -0.2) is 5.60 Å². The fraction of sp³-hybridized carbons (Fsp3) is 0.368. The Hall–Kier alpha value is -1.67. The van der Waals surface area contributed by atoms with E-state index in [1.54, 1.807) is 0 Å². The van der Waals surface area contributed by atoms with E-state index in [1.165, 1.54) is 11.1 Å². The lowest BCUT2D eigenvalue weighted by atomic mass is 10.0. The Morgan fingerprint density at radius 2 is 2.00 bits per heavy atom. The molecule has 0 aromatic heterocycles. The molecule has 0 aliphatic carbocycles. The zero-order chi connectivity index (χ0) is 15.9. The lowest BCUT2D eigenvalue weighted by Gasteiger charge is -2.18. The molecule has 2 aromatic carbocycles. The third-order valence-corrected chi connectivity index (χ3v) is 4.36. The van der Waals surface area contributed by atoms with Gasteiger partial charge in [-0.1, -0.05) is 23.7 Å². The fourth-order valence-electron chi connectivity index (χ4n) is 2.89. The number of halogens is 1. The van der Waals surface area contributed by atoms with Crippen molar-refractivity contribution in [1.82, 2.24) is 0 Å². The summed E-state index contributed by atoms with van der Waals surface area (Å²) in [7, 11) is 0. The zero-order valence-electron chi connectivity index (χ0n) is 13.5. The van der Waals surface area contributed by atoms with Crippen LogP contribution in [-0.2, 0) is 13.0 Å². The van der Waals surface area contributed by atoms with Crippen molar-refractivity contribution in [3.05, 3.63) is 57.6 Å². The van der Waals surface area contributed by atoms with Gasteiger partial charge >= 0.3 is 0 Å². The van der Waals surface area contributed by atoms with Crippen LogP contribution in [0, 0.1) is 13.8 Å². The third-order valence-electron chi connectivity index (χ3n) is 4.14. The van der Waals surface area contributed by atoms with Crippen molar-refractivity contribution in [2.45, 2.75) is 46.3 Å². The molecule has 3 heteroatoms. The van der Waals surface area contributed by atoms with Gasteiger partial charge in [0.2, 0.25) is 0 Å². The number of ether oxygens (including phenoxy) is 2. The number of hydrogen-bond donors (Lipinski definition) is 0. The van der Waals surface area contributed by atoms with E-state index < -0.39 is 0 Å². The minimum Gasteiger partial charge on any atom is -0.488 e. The molecule has 0 atom stereocenters. The maximum Gasteiger partial charge on any atom is 0.130 e. The van der Waals surface area contributed by atoms with Crippen molar-refractivity contribution in [1.29, 1.82) is 0 Å². The highest BCUT2D eigenvalue weighted by Gasteiger charge is 2.32.